The highest BCUT2D eigenvalue weighted by Gasteiger charge is 2.32. The maximum Gasteiger partial charge on any atom is 0.308 e. The topological polar surface area (TPSA) is 52.6 Å². The van der Waals surface area contributed by atoms with Gasteiger partial charge in [0.2, 0.25) is 0 Å². The van der Waals surface area contributed by atoms with Crippen molar-refractivity contribution in [2.24, 2.45) is 17.3 Å². The van der Waals surface area contributed by atoms with Gasteiger partial charge in [-0.15, -0.1) is 0 Å². The monoisotopic (exact) mass is 356 g/mol. The lowest BCUT2D eigenvalue weighted by Gasteiger charge is -2.31. The summed E-state index contributed by atoms with van der Waals surface area (Å²) in [6.07, 6.45) is 6.94. The van der Waals surface area contributed by atoms with Gasteiger partial charge in [0.25, 0.3) is 0 Å². The fourth-order valence-electron chi connectivity index (χ4n) is 3.06. The molecule has 0 aliphatic carbocycles. The van der Waals surface area contributed by atoms with Gasteiger partial charge in [0, 0.05) is 5.41 Å². The third-order valence-electron chi connectivity index (χ3n) is 5.47. The SMILES string of the molecule is CCCC(CC)C(=O)OCC(CC)(CC)COC(=O)C(CC)CCC. The molecule has 0 radical (unpaired) electrons. The van der Waals surface area contributed by atoms with Crippen LogP contribution in [0.2, 0.25) is 0 Å². The average Bonchev–Trinajstić information content (AvgIpc) is 2.64. The van der Waals surface area contributed by atoms with Crippen LogP contribution in [0.3, 0.4) is 0 Å². The van der Waals surface area contributed by atoms with Crippen LogP contribution in [0, 0.1) is 17.3 Å². The molecular weight excluding hydrogens is 316 g/mol. The van der Waals surface area contributed by atoms with Gasteiger partial charge in [-0.1, -0.05) is 54.4 Å². The number of ether oxygens (including phenoxy) is 2. The molecule has 0 spiro atoms. The zero-order valence-electron chi connectivity index (χ0n) is 17.4. The second-order valence-corrected chi connectivity index (χ2v) is 7.21. The van der Waals surface area contributed by atoms with Crippen molar-refractivity contribution < 1.29 is 19.1 Å². The van der Waals surface area contributed by atoms with E-state index in [2.05, 4.69) is 27.7 Å². The third-order valence-corrected chi connectivity index (χ3v) is 5.47. The van der Waals surface area contributed by atoms with Crippen LogP contribution in [0.1, 0.15) is 92.9 Å². The van der Waals surface area contributed by atoms with Crippen LogP contribution in [0.25, 0.3) is 0 Å². The van der Waals surface area contributed by atoms with E-state index >= 15 is 0 Å². The molecule has 0 aromatic carbocycles. The van der Waals surface area contributed by atoms with Crippen LogP contribution in [-0.4, -0.2) is 25.2 Å². The Balaban J connectivity index is 4.73. The molecular formula is C21H40O4. The number of esters is 2. The van der Waals surface area contributed by atoms with E-state index in [-0.39, 0.29) is 29.2 Å². The Morgan fingerprint density at radius 1 is 0.720 bits per heavy atom. The summed E-state index contributed by atoms with van der Waals surface area (Å²) >= 11 is 0. The number of hydrogen-bond acceptors (Lipinski definition) is 4. The number of carbonyl (C=O) groups is 2. The maximum absolute atomic E-state index is 12.3. The normalized spacial score (nSPS) is 14.0. The van der Waals surface area contributed by atoms with E-state index in [0.717, 1.165) is 51.4 Å². The molecule has 2 atom stereocenters. The van der Waals surface area contributed by atoms with Gasteiger partial charge in [-0.3, -0.25) is 9.59 Å². The van der Waals surface area contributed by atoms with Gasteiger partial charge >= 0.3 is 11.9 Å². The summed E-state index contributed by atoms with van der Waals surface area (Å²) in [5.74, 6) is -0.264. The van der Waals surface area contributed by atoms with Crippen LogP contribution in [0.5, 0.6) is 0 Å². The van der Waals surface area contributed by atoms with Crippen molar-refractivity contribution in [1.82, 2.24) is 0 Å². The summed E-state index contributed by atoms with van der Waals surface area (Å²) < 4.78 is 11.3. The number of carbonyl (C=O) groups excluding carboxylic acids is 2. The lowest BCUT2D eigenvalue weighted by molar-refractivity contribution is -0.160. The Hall–Kier alpha value is -1.06. The largest absolute Gasteiger partial charge is 0.465 e. The molecule has 0 saturated carbocycles. The van der Waals surface area contributed by atoms with Crippen LogP contribution in [0.15, 0.2) is 0 Å². The highest BCUT2D eigenvalue weighted by atomic mass is 16.5. The fourth-order valence-corrected chi connectivity index (χ4v) is 3.06. The predicted molar refractivity (Wildman–Crippen MR) is 102 cm³/mol. The summed E-state index contributed by atoms with van der Waals surface area (Å²) in [6, 6.07) is 0. The second kappa shape index (κ2) is 13.2. The van der Waals surface area contributed by atoms with Crippen molar-refractivity contribution in [3.05, 3.63) is 0 Å². The molecule has 0 bridgehead atoms. The summed E-state index contributed by atoms with van der Waals surface area (Å²) in [5, 5.41) is 0. The van der Waals surface area contributed by atoms with Crippen LogP contribution >= 0.6 is 0 Å². The van der Waals surface area contributed by atoms with Crippen molar-refractivity contribution in [3.8, 4) is 0 Å². The molecule has 4 nitrogen and oxygen atoms in total. The second-order valence-electron chi connectivity index (χ2n) is 7.21. The molecule has 148 valence electrons. The molecule has 25 heavy (non-hydrogen) atoms. The fraction of sp³-hybridized carbons (Fsp3) is 0.905. The lowest BCUT2D eigenvalue weighted by atomic mass is 9.84. The first-order chi connectivity index (χ1) is 11.9. The highest BCUT2D eigenvalue weighted by Crippen LogP contribution is 2.29. The molecule has 4 heteroatoms. The van der Waals surface area contributed by atoms with Crippen LogP contribution in [0.4, 0.5) is 0 Å². The van der Waals surface area contributed by atoms with Crippen molar-refractivity contribution >= 4 is 11.9 Å². The third kappa shape index (κ3) is 8.24. The van der Waals surface area contributed by atoms with E-state index in [4.69, 9.17) is 9.47 Å². The first-order valence-corrected chi connectivity index (χ1v) is 10.3. The minimum absolute atomic E-state index is 0.0204. The van der Waals surface area contributed by atoms with Crippen molar-refractivity contribution in [1.29, 1.82) is 0 Å². The van der Waals surface area contributed by atoms with E-state index in [1.165, 1.54) is 0 Å². The quantitative estimate of drug-likeness (QED) is 0.384. The smallest absolute Gasteiger partial charge is 0.308 e. The van der Waals surface area contributed by atoms with Crippen molar-refractivity contribution in [2.45, 2.75) is 92.9 Å². The van der Waals surface area contributed by atoms with Gasteiger partial charge in [0.15, 0.2) is 0 Å². The summed E-state index contributed by atoms with van der Waals surface area (Å²) in [6.45, 7) is 13.0. The number of rotatable bonds is 14. The minimum atomic E-state index is -0.277. The number of hydrogen-bond donors (Lipinski definition) is 0. The molecule has 0 aromatic rings. The average molecular weight is 357 g/mol. The Kier molecular flexibility index (Phi) is 12.6. The van der Waals surface area contributed by atoms with Crippen LogP contribution < -0.4 is 0 Å². The van der Waals surface area contributed by atoms with Crippen molar-refractivity contribution in [2.75, 3.05) is 13.2 Å². The van der Waals surface area contributed by atoms with E-state index < -0.39 is 0 Å². The summed E-state index contributed by atoms with van der Waals surface area (Å²) in [4.78, 5) is 24.6. The predicted octanol–water partition coefficient (Wildman–Crippen LogP) is 5.53. The van der Waals surface area contributed by atoms with E-state index in [9.17, 15) is 9.59 Å². The summed E-state index contributed by atoms with van der Waals surface area (Å²) in [5.41, 5.74) is -0.277. The van der Waals surface area contributed by atoms with Crippen LogP contribution in [-0.2, 0) is 19.1 Å². The van der Waals surface area contributed by atoms with Gasteiger partial charge < -0.3 is 9.47 Å². The van der Waals surface area contributed by atoms with E-state index in [0.29, 0.717) is 13.2 Å². The zero-order valence-corrected chi connectivity index (χ0v) is 17.4. The molecule has 0 aromatic heterocycles. The Bertz CT molecular complexity index is 342. The molecule has 0 saturated heterocycles. The van der Waals surface area contributed by atoms with Gasteiger partial charge in [-0.25, -0.2) is 0 Å². The molecule has 0 fully saturated rings. The molecule has 0 heterocycles. The van der Waals surface area contributed by atoms with Gasteiger partial charge in [-0.2, -0.15) is 0 Å². The molecule has 0 rings (SSSR count). The zero-order chi connectivity index (χ0) is 19.3. The lowest BCUT2D eigenvalue weighted by Crippen LogP contribution is -2.35. The maximum atomic E-state index is 12.3. The first-order valence-electron chi connectivity index (χ1n) is 10.3. The molecule has 0 N–H and O–H groups in total. The van der Waals surface area contributed by atoms with E-state index in [1.54, 1.807) is 0 Å². The molecule has 0 amide bonds. The van der Waals surface area contributed by atoms with E-state index in [1.807, 2.05) is 13.8 Å². The standard InChI is InChI=1S/C21H40O4/c1-7-13-17(9-3)19(22)24-15-21(11-5,12-6)16-25-20(23)18(10-4)14-8-2/h17-18H,7-16H2,1-6H3. The summed E-state index contributed by atoms with van der Waals surface area (Å²) in [7, 11) is 0. The van der Waals surface area contributed by atoms with Gasteiger partial charge in [0.05, 0.1) is 11.8 Å². The van der Waals surface area contributed by atoms with Crippen molar-refractivity contribution in [3.63, 3.8) is 0 Å². The molecule has 2 unspecified atom stereocenters. The minimum Gasteiger partial charge on any atom is -0.465 e. The molecule has 0 aliphatic rings. The Morgan fingerprint density at radius 3 is 1.32 bits per heavy atom. The van der Waals surface area contributed by atoms with Gasteiger partial charge in [0.1, 0.15) is 13.2 Å². The first kappa shape index (κ1) is 23.9. The van der Waals surface area contributed by atoms with Gasteiger partial charge in [-0.05, 0) is 38.5 Å². The molecule has 0 aliphatic heterocycles. The Labute approximate surface area is 155 Å². The highest BCUT2D eigenvalue weighted by molar-refractivity contribution is 5.73. The Morgan fingerprint density at radius 2 is 1.08 bits per heavy atom.